The quantitative estimate of drug-likeness (QED) is 0.777. The van der Waals surface area contributed by atoms with E-state index in [1.807, 2.05) is 24.3 Å². The zero-order chi connectivity index (χ0) is 11.4. The number of nitrogens with one attached hydrogen (secondary N) is 2. The maximum absolute atomic E-state index is 8.66. The van der Waals surface area contributed by atoms with Gasteiger partial charge in [0.25, 0.3) is 0 Å². The molecule has 4 heteroatoms. The van der Waals surface area contributed by atoms with E-state index in [2.05, 4.69) is 16.7 Å². The molecule has 16 heavy (non-hydrogen) atoms. The van der Waals surface area contributed by atoms with E-state index in [0.29, 0.717) is 23.3 Å². The number of rotatable bonds is 3. The fourth-order valence-corrected chi connectivity index (χ4v) is 1.58. The van der Waals surface area contributed by atoms with E-state index in [4.69, 9.17) is 17.5 Å². The summed E-state index contributed by atoms with van der Waals surface area (Å²) in [7, 11) is 0. The van der Waals surface area contributed by atoms with Gasteiger partial charge in [-0.15, -0.1) is 0 Å². The number of hydrogen-bond acceptors (Lipinski definition) is 2. The lowest BCUT2D eigenvalue weighted by molar-refractivity contribution is 0.829. The third-order valence-corrected chi connectivity index (χ3v) is 2.71. The molecule has 0 radical (unpaired) electrons. The Balaban J connectivity index is 1.79. The van der Waals surface area contributed by atoms with Gasteiger partial charge in [0, 0.05) is 12.6 Å². The average Bonchev–Trinajstić information content (AvgIpc) is 3.11. The van der Waals surface area contributed by atoms with Crippen LogP contribution in [0.2, 0.25) is 0 Å². The van der Waals surface area contributed by atoms with Crippen LogP contribution in [0.5, 0.6) is 0 Å². The third kappa shape index (κ3) is 3.21. The molecule has 1 aromatic carbocycles. The van der Waals surface area contributed by atoms with Gasteiger partial charge in [0.05, 0.1) is 11.6 Å². The summed E-state index contributed by atoms with van der Waals surface area (Å²) in [6, 6.07) is 10.2. The van der Waals surface area contributed by atoms with E-state index in [0.717, 1.165) is 5.56 Å². The Hall–Kier alpha value is -1.60. The molecular weight excluding hydrogens is 218 g/mol. The van der Waals surface area contributed by atoms with Gasteiger partial charge in [-0.3, -0.25) is 0 Å². The van der Waals surface area contributed by atoms with Crippen molar-refractivity contribution < 1.29 is 0 Å². The zero-order valence-corrected chi connectivity index (χ0v) is 9.68. The van der Waals surface area contributed by atoms with E-state index in [1.165, 1.54) is 12.8 Å². The van der Waals surface area contributed by atoms with E-state index in [-0.39, 0.29) is 0 Å². The van der Waals surface area contributed by atoms with Crippen LogP contribution in [0, 0.1) is 11.3 Å². The first-order valence-electron chi connectivity index (χ1n) is 5.31. The van der Waals surface area contributed by atoms with Gasteiger partial charge in [-0.25, -0.2) is 0 Å². The van der Waals surface area contributed by atoms with Crippen molar-refractivity contribution in [1.29, 1.82) is 5.26 Å². The highest BCUT2D eigenvalue weighted by molar-refractivity contribution is 7.80. The van der Waals surface area contributed by atoms with Crippen LogP contribution in [-0.2, 0) is 6.54 Å². The van der Waals surface area contributed by atoms with Crippen LogP contribution >= 0.6 is 12.2 Å². The Morgan fingerprint density at radius 3 is 2.62 bits per heavy atom. The zero-order valence-electron chi connectivity index (χ0n) is 8.86. The molecule has 1 aromatic rings. The van der Waals surface area contributed by atoms with Crippen LogP contribution in [0.25, 0.3) is 0 Å². The van der Waals surface area contributed by atoms with Gasteiger partial charge in [0.1, 0.15) is 0 Å². The molecule has 1 aliphatic rings. The highest BCUT2D eigenvalue weighted by atomic mass is 32.1. The molecule has 0 aliphatic heterocycles. The fraction of sp³-hybridized carbons (Fsp3) is 0.333. The minimum atomic E-state index is 0.584. The molecule has 1 aliphatic carbocycles. The van der Waals surface area contributed by atoms with E-state index >= 15 is 0 Å². The number of nitriles is 1. The summed E-state index contributed by atoms with van der Waals surface area (Å²) in [5.74, 6) is 0. The summed E-state index contributed by atoms with van der Waals surface area (Å²) >= 11 is 5.14. The van der Waals surface area contributed by atoms with Crippen LogP contribution in [0.3, 0.4) is 0 Å². The Morgan fingerprint density at radius 2 is 2.06 bits per heavy atom. The molecule has 0 unspecified atom stereocenters. The second-order valence-electron chi connectivity index (χ2n) is 3.91. The second-order valence-corrected chi connectivity index (χ2v) is 4.32. The van der Waals surface area contributed by atoms with Gasteiger partial charge in [0.2, 0.25) is 0 Å². The van der Waals surface area contributed by atoms with Gasteiger partial charge in [-0.2, -0.15) is 5.26 Å². The predicted octanol–water partition coefficient (Wildman–Crippen LogP) is 1.68. The van der Waals surface area contributed by atoms with Gasteiger partial charge in [0.15, 0.2) is 5.11 Å². The fourth-order valence-electron chi connectivity index (χ4n) is 1.34. The molecule has 0 heterocycles. The second kappa shape index (κ2) is 4.95. The van der Waals surface area contributed by atoms with E-state index in [9.17, 15) is 0 Å². The van der Waals surface area contributed by atoms with Crippen molar-refractivity contribution in [3.63, 3.8) is 0 Å². The standard InChI is InChI=1S/C12H13N3S/c13-7-9-1-3-10(4-2-9)8-14-12(16)15-11-5-6-11/h1-4,11H,5-6,8H2,(H2,14,15,16). The van der Waals surface area contributed by atoms with Crippen molar-refractivity contribution in [3.05, 3.63) is 35.4 Å². The van der Waals surface area contributed by atoms with Crippen LogP contribution < -0.4 is 10.6 Å². The van der Waals surface area contributed by atoms with Crippen molar-refractivity contribution in [3.8, 4) is 6.07 Å². The lowest BCUT2D eigenvalue weighted by atomic mass is 10.1. The molecule has 0 atom stereocenters. The smallest absolute Gasteiger partial charge is 0.166 e. The average molecular weight is 231 g/mol. The number of thiocarbonyl (C=S) groups is 1. The van der Waals surface area contributed by atoms with Crippen LogP contribution in [0.1, 0.15) is 24.0 Å². The lowest BCUT2D eigenvalue weighted by Crippen LogP contribution is -2.36. The molecule has 3 nitrogen and oxygen atoms in total. The summed E-state index contributed by atoms with van der Waals surface area (Å²) in [5, 5.41) is 15.7. The summed E-state index contributed by atoms with van der Waals surface area (Å²) in [6.07, 6.45) is 2.44. The Morgan fingerprint density at radius 1 is 1.38 bits per heavy atom. The number of benzene rings is 1. The van der Waals surface area contributed by atoms with Gasteiger partial charge >= 0.3 is 0 Å². The maximum atomic E-state index is 8.66. The molecule has 1 saturated carbocycles. The SMILES string of the molecule is N#Cc1ccc(CNC(=S)NC2CC2)cc1. The molecule has 0 bridgehead atoms. The van der Waals surface area contributed by atoms with E-state index in [1.54, 1.807) is 0 Å². The number of hydrogen-bond donors (Lipinski definition) is 2. The summed E-state index contributed by atoms with van der Waals surface area (Å²) in [6.45, 7) is 0.699. The predicted molar refractivity (Wildman–Crippen MR) is 66.8 cm³/mol. The van der Waals surface area contributed by atoms with Gasteiger partial charge < -0.3 is 10.6 Å². The van der Waals surface area contributed by atoms with Crippen LogP contribution in [-0.4, -0.2) is 11.2 Å². The highest BCUT2D eigenvalue weighted by Gasteiger charge is 2.21. The van der Waals surface area contributed by atoms with Crippen molar-refractivity contribution in [2.24, 2.45) is 0 Å². The largest absolute Gasteiger partial charge is 0.360 e. The third-order valence-electron chi connectivity index (χ3n) is 2.45. The normalized spacial score (nSPS) is 13.9. The monoisotopic (exact) mass is 231 g/mol. The minimum absolute atomic E-state index is 0.584. The molecule has 0 spiro atoms. The van der Waals surface area contributed by atoms with Crippen molar-refractivity contribution >= 4 is 17.3 Å². The van der Waals surface area contributed by atoms with Crippen molar-refractivity contribution in [1.82, 2.24) is 10.6 Å². The first-order valence-corrected chi connectivity index (χ1v) is 5.72. The Kier molecular flexibility index (Phi) is 3.37. The molecule has 2 N–H and O–H groups in total. The molecule has 0 saturated heterocycles. The summed E-state index contributed by atoms with van der Waals surface area (Å²) in [5.41, 5.74) is 1.81. The van der Waals surface area contributed by atoms with Crippen LogP contribution in [0.4, 0.5) is 0 Å². The molecule has 0 aromatic heterocycles. The number of nitrogens with zero attached hydrogens (tertiary/aromatic N) is 1. The lowest BCUT2D eigenvalue weighted by Gasteiger charge is -2.09. The van der Waals surface area contributed by atoms with Crippen molar-refractivity contribution in [2.45, 2.75) is 25.4 Å². The topological polar surface area (TPSA) is 47.9 Å². The van der Waals surface area contributed by atoms with Gasteiger partial charge in [-0.05, 0) is 42.8 Å². The Bertz CT molecular complexity index is 415. The first kappa shape index (κ1) is 10.9. The van der Waals surface area contributed by atoms with Crippen LogP contribution in [0.15, 0.2) is 24.3 Å². The molecule has 0 amide bonds. The summed E-state index contributed by atoms with van der Waals surface area (Å²) in [4.78, 5) is 0. The molecule has 82 valence electrons. The molecule has 1 fully saturated rings. The first-order chi connectivity index (χ1) is 7.78. The minimum Gasteiger partial charge on any atom is -0.360 e. The highest BCUT2D eigenvalue weighted by Crippen LogP contribution is 2.18. The Labute approximate surface area is 100 Å². The maximum Gasteiger partial charge on any atom is 0.166 e. The van der Waals surface area contributed by atoms with Gasteiger partial charge in [-0.1, -0.05) is 12.1 Å². The molecule has 2 rings (SSSR count). The van der Waals surface area contributed by atoms with E-state index < -0.39 is 0 Å². The summed E-state index contributed by atoms with van der Waals surface area (Å²) < 4.78 is 0. The molecular formula is C12H13N3S. The van der Waals surface area contributed by atoms with Crippen molar-refractivity contribution in [2.75, 3.05) is 0 Å².